The molecule has 0 atom stereocenters. The van der Waals surface area contributed by atoms with Crippen LogP contribution in [0.15, 0.2) is 21.7 Å². The Morgan fingerprint density at radius 1 is 1.00 bits per heavy atom. The van der Waals surface area contributed by atoms with Gasteiger partial charge in [0.1, 0.15) is 0 Å². The number of hydrogen-bond donors (Lipinski definition) is 1. The van der Waals surface area contributed by atoms with Crippen molar-refractivity contribution >= 4 is 26.7 Å². The molecule has 1 N–H and O–H groups in total. The lowest BCUT2D eigenvalue weighted by Crippen LogP contribution is -2.39. The predicted molar refractivity (Wildman–Crippen MR) is 77.6 cm³/mol. The maximum Gasteiger partial charge on any atom is 0.316 e. The number of benzene rings is 1. The van der Waals surface area contributed by atoms with E-state index in [2.05, 4.69) is 4.72 Å². The third-order valence-electron chi connectivity index (χ3n) is 3.13. The number of anilines is 1. The van der Waals surface area contributed by atoms with Gasteiger partial charge >= 0.3 is 11.1 Å². The van der Waals surface area contributed by atoms with E-state index >= 15 is 0 Å². The quantitative estimate of drug-likeness (QED) is 0.785. The number of sulfonamides is 1. The Balaban J connectivity index is 2.90. The molecule has 108 valence electrons. The minimum atomic E-state index is -3.42. The molecule has 1 heterocycles. The van der Waals surface area contributed by atoms with E-state index in [4.69, 9.17) is 0 Å². The van der Waals surface area contributed by atoms with Crippen LogP contribution in [-0.2, 0) is 24.1 Å². The SMILES string of the molecule is Cc1cc2c(cc1NS(C)(=O)=O)n(C)c(=O)c(=O)n2C. The molecule has 7 nitrogen and oxygen atoms in total. The Hall–Kier alpha value is -2.09. The average molecular weight is 297 g/mol. The van der Waals surface area contributed by atoms with E-state index in [1.165, 1.54) is 23.2 Å². The summed E-state index contributed by atoms with van der Waals surface area (Å²) < 4.78 is 27.5. The summed E-state index contributed by atoms with van der Waals surface area (Å²) in [7, 11) is -0.429. The van der Waals surface area contributed by atoms with Crippen molar-refractivity contribution in [2.24, 2.45) is 14.1 Å². The van der Waals surface area contributed by atoms with Crippen LogP contribution in [0.25, 0.3) is 11.0 Å². The van der Waals surface area contributed by atoms with Crippen LogP contribution >= 0.6 is 0 Å². The van der Waals surface area contributed by atoms with Gasteiger partial charge in [-0.3, -0.25) is 14.3 Å². The first-order chi connectivity index (χ1) is 9.11. The minimum absolute atomic E-state index is 0.383. The summed E-state index contributed by atoms with van der Waals surface area (Å²) in [5, 5.41) is 0. The normalized spacial score (nSPS) is 11.8. The number of aryl methyl sites for hydroxylation is 3. The molecule has 8 heteroatoms. The molecule has 0 saturated carbocycles. The summed E-state index contributed by atoms with van der Waals surface area (Å²) in [6.07, 6.45) is 1.05. The largest absolute Gasteiger partial charge is 0.316 e. The number of aromatic nitrogens is 2. The summed E-state index contributed by atoms with van der Waals surface area (Å²) >= 11 is 0. The van der Waals surface area contributed by atoms with Gasteiger partial charge in [0, 0.05) is 14.1 Å². The third kappa shape index (κ3) is 2.34. The van der Waals surface area contributed by atoms with E-state index < -0.39 is 21.1 Å². The summed E-state index contributed by atoms with van der Waals surface area (Å²) in [5.74, 6) is 0. The fourth-order valence-corrected chi connectivity index (χ4v) is 2.65. The number of hydrogen-bond acceptors (Lipinski definition) is 4. The molecule has 0 aliphatic heterocycles. The van der Waals surface area contributed by atoms with Crippen molar-refractivity contribution in [2.45, 2.75) is 6.92 Å². The summed E-state index contributed by atoms with van der Waals surface area (Å²) in [6, 6.07) is 3.22. The van der Waals surface area contributed by atoms with Gasteiger partial charge < -0.3 is 9.13 Å². The van der Waals surface area contributed by atoms with Crippen molar-refractivity contribution in [3.8, 4) is 0 Å². The van der Waals surface area contributed by atoms with E-state index in [0.29, 0.717) is 22.3 Å². The van der Waals surface area contributed by atoms with Crippen molar-refractivity contribution in [1.82, 2.24) is 9.13 Å². The van der Waals surface area contributed by atoms with Gasteiger partial charge in [0.25, 0.3) is 0 Å². The number of nitrogens with one attached hydrogen (secondary N) is 1. The van der Waals surface area contributed by atoms with Crippen LogP contribution in [0.3, 0.4) is 0 Å². The standard InChI is InChI=1S/C12H15N3O4S/c1-7-5-9-10(6-8(7)13-20(4,18)19)15(3)12(17)11(16)14(9)2/h5-6,13H,1-4H3. The number of fused-ring (bicyclic) bond motifs is 1. The van der Waals surface area contributed by atoms with Gasteiger partial charge in [-0.25, -0.2) is 8.42 Å². The Bertz CT molecular complexity index is 922. The highest BCUT2D eigenvalue weighted by molar-refractivity contribution is 7.92. The van der Waals surface area contributed by atoms with Crippen LogP contribution < -0.4 is 15.8 Å². The molecule has 0 aliphatic carbocycles. The lowest BCUT2D eigenvalue weighted by atomic mass is 10.1. The zero-order valence-electron chi connectivity index (χ0n) is 11.6. The van der Waals surface area contributed by atoms with E-state index in [-0.39, 0.29) is 0 Å². The molecule has 1 aromatic carbocycles. The van der Waals surface area contributed by atoms with Crippen molar-refractivity contribution in [3.05, 3.63) is 38.4 Å². The first-order valence-electron chi connectivity index (χ1n) is 5.80. The van der Waals surface area contributed by atoms with Crippen molar-refractivity contribution < 1.29 is 8.42 Å². The minimum Gasteiger partial charge on any atom is -0.305 e. The van der Waals surface area contributed by atoms with Gasteiger partial charge in [0.2, 0.25) is 10.0 Å². The summed E-state index contributed by atoms with van der Waals surface area (Å²) in [5.41, 5.74) is 0.810. The first kappa shape index (κ1) is 14.3. The molecule has 2 aromatic rings. The van der Waals surface area contributed by atoms with E-state index in [1.807, 2.05) is 0 Å². The smallest absolute Gasteiger partial charge is 0.305 e. The third-order valence-corrected chi connectivity index (χ3v) is 3.72. The molecule has 0 radical (unpaired) electrons. The topological polar surface area (TPSA) is 90.2 Å². The van der Waals surface area contributed by atoms with Crippen LogP contribution in [0.1, 0.15) is 5.56 Å². The molecule has 0 unspecified atom stereocenters. The second-order valence-electron chi connectivity index (χ2n) is 4.76. The molecule has 2 rings (SSSR count). The second-order valence-corrected chi connectivity index (χ2v) is 6.51. The predicted octanol–water partition coefficient (Wildman–Crippen LogP) is -0.0829. The van der Waals surface area contributed by atoms with Crippen molar-refractivity contribution in [3.63, 3.8) is 0 Å². The Kier molecular flexibility index (Phi) is 3.21. The molecular formula is C12H15N3O4S. The molecule has 0 aliphatic rings. The molecule has 20 heavy (non-hydrogen) atoms. The van der Waals surface area contributed by atoms with Gasteiger partial charge in [-0.1, -0.05) is 0 Å². The fraction of sp³-hybridized carbons (Fsp3) is 0.333. The monoisotopic (exact) mass is 297 g/mol. The van der Waals surface area contributed by atoms with E-state index in [1.54, 1.807) is 19.1 Å². The average Bonchev–Trinajstić information content (AvgIpc) is 2.34. The zero-order valence-corrected chi connectivity index (χ0v) is 12.4. The van der Waals surface area contributed by atoms with Crippen LogP contribution in [0.2, 0.25) is 0 Å². The molecule has 1 aromatic heterocycles. The molecular weight excluding hydrogens is 282 g/mol. The highest BCUT2D eigenvalue weighted by Crippen LogP contribution is 2.22. The van der Waals surface area contributed by atoms with Crippen LogP contribution in [0, 0.1) is 6.92 Å². The molecule has 0 saturated heterocycles. The molecule has 0 bridgehead atoms. The van der Waals surface area contributed by atoms with E-state index in [9.17, 15) is 18.0 Å². The van der Waals surface area contributed by atoms with Crippen LogP contribution in [-0.4, -0.2) is 23.8 Å². The highest BCUT2D eigenvalue weighted by Gasteiger charge is 2.12. The fourth-order valence-electron chi connectivity index (χ4n) is 2.03. The van der Waals surface area contributed by atoms with Crippen molar-refractivity contribution in [1.29, 1.82) is 0 Å². The van der Waals surface area contributed by atoms with E-state index in [0.717, 1.165) is 6.26 Å². The molecule has 0 spiro atoms. The van der Waals surface area contributed by atoms with Gasteiger partial charge in [-0.2, -0.15) is 0 Å². The van der Waals surface area contributed by atoms with Gasteiger partial charge in [-0.05, 0) is 24.6 Å². The molecule has 0 amide bonds. The maximum atomic E-state index is 11.8. The Labute approximate surface area is 115 Å². The van der Waals surface area contributed by atoms with Crippen LogP contribution in [0.4, 0.5) is 5.69 Å². The van der Waals surface area contributed by atoms with Crippen molar-refractivity contribution in [2.75, 3.05) is 11.0 Å². The second kappa shape index (κ2) is 4.48. The zero-order chi connectivity index (χ0) is 15.2. The lowest BCUT2D eigenvalue weighted by molar-refractivity contribution is 0.607. The first-order valence-corrected chi connectivity index (χ1v) is 7.69. The van der Waals surface area contributed by atoms with Gasteiger partial charge in [0.15, 0.2) is 0 Å². The van der Waals surface area contributed by atoms with Gasteiger partial charge in [-0.15, -0.1) is 0 Å². The highest BCUT2D eigenvalue weighted by atomic mass is 32.2. The number of rotatable bonds is 2. The Morgan fingerprint density at radius 3 is 1.90 bits per heavy atom. The maximum absolute atomic E-state index is 11.8. The Morgan fingerprint density at radius 2 is 1.45 bits per heavy atom. The number of nitrogens with zero attached hydrogens (tertiary/aromatic N) is 2. The van der Waals surface area contributed by atoms with Crippen LogP contribution in [0.5, 0.6) is 0 Å². The molecule has 0 fully saturated rings. The lowest BCUT2D eigenvalue weighted by Gasteiger charge is -2.13. The summed E-state index contributed by atoms with van der Waals surface area (Å²) in [4.78, 5) is 23.5. The van der Waals surface area contributed by atoms with Gasteiger partial charge in [0.05, 0.1) is 23.0 Å². The summed E-state index contributed by atoms with van der Waals surface area (Å²) in [6.45, 7) is 1.72.